The first-order valence-corrected chi connectivity index (χ1v) is 7.63. The molecule has 0 radical (unpaired) electrons. The van der Waals surface area contributed by atoms with Crippen LogP contribution in [0.2, 0.25) is 5.02 Å². The Morgan fingerprint density at radius 2 is 1.76 bits per heavy atom. The number of benzene rings is 2. The van der Waals surface area contributed by atoms with Gasteiger partial charge in [-0.15, -0.1) is 0 Å². The summed E-state index contributed by atoms with van der Waals surface area (Å²) in [5.74, 6) is -0.263. The fraction of sp³-hybridized carbons (Fsp3) is 0.294. The molecule has 0 bridgehead atoms. The van der Waals surface area contributed by atoms with Crippen LogP contribution in [0.15, 0.2) is 42.5 Å². The number of nitrogens with zero attached hydrogens (tertiary/aromatic N) is 1. The van der Waals surface area contributed by atoms with Crippen LogP contribution in [0.4, 0.5) is 15.8 Å². The van der Waals surface area contributed by atoms with E-state index >= 15 is 0 Å². The van der Waals surface area contributed by atoms with E-state index in [4.69, 9.17) is 11.6 Å². The highest BCUT2D eigenvalue weighted by atomic mass is 35.5. The Bertz CT molecular complexity index is 607. The van der Waals surface area contributed by atoms with Crippen molar-refractivity contribution in [3.05, 3.63) is 58.9 Å². The van der Waals surface area contributed by atoms with Crippen molar-refractivity contribution in [3.63, 3.8) is 0 Å². The first-order valence-electron chi connectivity index (χ1n) is 7.25. The first kappa shape index (κ1) is 14.2. The summed E-state index contributed by atoms with van der Waals surface area (Å²) in [4.78, 5) is 2.40. The van der Waals surface area contributed by atoms with Crippen LogP contribution < -0.4 is 10.2 Å². The zero-order chi connectivity index (χ0) is 14.7. The largest absolute Gasteiger partial charge is 0.381 e. The summed E-state index contributed by atoms with van der Waals surface area (Å²) in [5.41, 5.74) is 3.04. The van der Waals surface area contributed by atoms with Gasteiger partial charge in [0.1, 0.15) is 5.82 Å². The molecule has 2 nitrogen and oxygen atoms in total. The van der Waals surface area contributed by atoms with Crippen LogP contribution in [0.3, 0.4) is 0 Å². The van der Waals surface area contributed by atoms with E-state index in [1.165, 1.54) is 30.7 Å². The van der Waals surface area contributed by atoms with E-state index in [0.717, 1.165) is 24.3 Å². The van der Waals surface area contributed by atoms with Crippen molar-refractivity contribution in [3.8, 4) is 0 Å². The lowest BCUT2D eigenvalue weighted by Crippen LogP contribution is -2.17. The second-order valence-electron chi connectivity index (χ2n) is 5.33. The molecular weight excluding hydrogens is 287 g/mol. The second kappa shape index (κ2) is 6.35. The summed E-state index contributed by atoms with van der Waals surface area (Å²) in [6, 6.07) is 12.8. The second-order valence-corrected chi connectivity index (χ2v) is 5.74. The summed E-state index contributed by atoms with van der Waals surface area (Å²) in [6.07, 6.45) is 2.55. The SMILES string of the molecule is Fc1ccc(Cl)c(CNc2ccc(N3CCCC3)cc2)c1. The lowest BCUT2D eigenvalue weighted by Gasteiger charge is -2.18. The predicted octanol–water partition coefficient (Wildman–Crippen LogP) is 4.69. The van der Waals surface area contributed by atoms with Crippen LogP contribution in [0.1, 0.15) is 18.4 Å². The molecule has 1 aliphatic rings. The van der Waals surface area contributed by atoms with Crippen molar-refractivity contribution < 1.29 is 4.39 Å². The third kappa shape index (κ3) is 3.48. The molecule has 110 valence electrons. The number of halogens is 2. The van der Waals surface area contributed by atoms with Crippen LogP contribution in [0.5, 0.6) is 0 Å². The van der Waals surface area contributed by atoms with Gasteiger partial charge in [0, 0.05) is 36.0 Å². The summed E-state index contributed by atoms with van der Waals surface area (Å²) < 4.78 is 13.2. The minimum absolute atomic E-state index is 0.263. The summed E-state index contributed by atoms with van der Waals surface area (Å²) in [6.45, 7) is 2.80. The minimum atomic E-state index is -0.263. The fourth-order valence-corrected chi connectivity index (χ4v) is 2.83. The molecule has 0 amide bonds. The maximum Gasteiger partial charge on any atom is 0.123 e. The Labute approximate surface area is 129 Å². The third-order valence-electron chi connectivity index (χ3n) is 3.83. The van der Waals surface area contributed by atoms with Gasteiger partial charge < -0.3 is 10.2 Å². The topological polar surface area (TPSA) is 15.3 Å². The molecule has 2 aromatic rings. The molecule has 2 aromatic carbocycles. The molecular formula is C17H18ClFN2. The highest BCUT2D eigenvalue weighted by Gasteiger charge is 2.11. The molecule has 1 N–H and O–H groups in total. The monoisotopic (exact) mass is 304 g/mol. The van der Waals surface area contributed by atoms with E-state index in [1.54, 1.807) is 6.07 Å². The fourth-order valence-electron chi connectivity index (χ4n) is 2.64. The highest BCUT2D eigenvalue weighted by Crippen LogP contribution is 2.23. The van der Waals surface area contributed by atoms with Gasteiger partial charge in [-0.3, -0.25) is 0 Å². The standard InChI is InChI=1S/C17H18ClFN2/c18-17-8-3-14(19)11-13(17)12-20-15-4-6-16(7-5-15)21-9-1-2-10-21/h3-8,11,20H,1-2,9-10,12H2. The quantitative estimate of drug-likeness (QED) is 0.881. The van der Waals surface area contributed by atoms with Crippen molar-refractivity contribution in [2.75, 3.05) is 23.3 Å². The maximum atomic E-state index is 13.2. The number of anilines is 2. The zero-order valence-electron chi connectivity index (χ0n) is 11.8. The van der Waals surface area contributed by atoms with Gasteiger partial charge >= 0.3 is 0 Å². The lowest BCUT2D eigenvalue weighted by molar-refractivity contribution is 0.626. The molecule has 0 unspecified atom stereocenters. The summed E-state index contributed by atoms with van der Waals surface area (Å²) in [7, 11) is 0. The van der Waals surface area contributed by atoms with Crippen molar-refractivity contribution in [2.45, 2.75) is 19.4 Å². The third-order valence-corrected chi connectivity index (χ3v) is 4.20. The van der Waals surface area contributed by atoms with Crippen LogP contribution in [0, 0.1) is 5.82 Å². The number of hydrogen-bond acceptors (Lipinski definition) is 2. The summed E-state index contributed by atoms with van der Waals surface area (Å²) >= 11 is 6.06. The maximum absolute atomic E-state index is 13.2. The molecule has 21 heavy (non-hydrogen) atoms. The van der Waals surface area contributed by atoms with Gasteiger partial charge in [0.2, 0.25) is 0 Å². The zero-order valence-corrected chi connectivity index (χ0v) is 12.5. The van der Waals surface area contributed by atoms with E-state index in [-0.39, 0.29) is 5.82 Å². The normalized spacial score (nSPS) is 14.5. The smallest absolute Gasteiger partial charge is 0.123 e. The van der Waals surface area contributed by atoms with E-state index in [1.807, 2.05) is 0 Å². The number of nitrogens with one attached hydrogen (secondary N) is 1. The van der Waals surface area contributed by atoms with Gasteiger partial charge in [0.25, 0.3) is 0 Å². The van der Waals surface area contributed by atoms with E-state index in [0.29, 0.717) is 11.6 Å². The highest BCUT2D eigenvalue weighted by molar-refractivity contribution is 6.31. The molecule has 0 aliphatic carbocycles. The van der Waals surface area contributed by atoms with E-state index in [9.17, 15) is 4.39 Å². The van der Waals surface area contributed by atoms with Gasteiger partial charge in [-0.1, -0.05) is 11.6 Å². The van der Waals surface area contributed by atoms with Crippen LogP contribution in [-0.4, -0.2) is 13.1 Å². The molecule has 0 saturated carbocycles. The van der Waals surface area contributed by atoms with Crippen LogP contribution in [0.25, 0.3) is 0 Å². The Morgan fingerprint density at radius 1 is 1.05 bits per heavy atom. The molecule has 1 heterocycles. The van der Waals surface area contributed by atoms with Crippen LogP contribution >= 0.6 is 11.6 Å². The average molecular weight is 305 g/mol. The Balaban J connectivity index is 1.64. The molecule has 1 saturated heterocycles. The molecule has 3 rings (SSSR count). The van der Waals surface area contributed by atoms with E-state index in [2.05, 4.69) is 34.5 Å². The first-order chi connectivity index (χ1) is 10.2. The van der Waals surface area contributed by atoms with Crippen molar-refractivity contribution in [2.24, 2.45) is 0 Å². The Hall–Kier alpha value is -1.74. The van der Waals surface area contributed by atoms with Gasteiger partial charge in [0.05, 0.1) is 0 Å². The molecule has 1 aliphatic heterocycles. The summed E-state index contributed by atoms with van der Waals surface area (Å²) in [5, 5.41) is 3.86. The van der Waals surface area contributed by atoms with Crippen molar-refractivity contribution >= 4 is 23.0 Å². The lowest BCUT2D eigenvalue weighted by atomic mass is 10.2. The van der Waals surface area contributed by atoms with Crippen molar-refractivity contribution in [1.29, 1.82) is 0 Å². The molecule has 0 atom stereocenters. The van der Waals surface area contributed by atoms with Gasteiger partial charge in [-0.25, -0.2) is 4.39 Å². The Kier molecular flexibility index (Phi) is 4.30. The average Bonchev–Trinajstić information content (AvgIpc) is 3.03. The minimum Gasteiger partial charge on any atom is -0.381 e. The number of rotatable bonds is 4. The Morgan fingerprint density at radius 3 is 2.48 bits per heavy atom. The van der Waals surface area contributed by atoms with Gasteiger partial charge in [-0.05, 0) is 60.9 Å². The van der Waals surface area contributed by atoms with Crippen LogP contribution in [-0.2, 0) is 6.54 Å². The predicted molar refractivity (Wildman–Crippen MR) is 86.6 cm³/mol. The molecule has 1 fully saturated rings. The van der Waals surface area contributed by atoms with Gasteiger partial charge in [0.15, 0.2) is 0 Å². The van der Waals surface area contributed by atoms with E-state index < -0.39 is 0 Å². The number of hydrogen-bond donors (Lipinski definition) is 1. The molecule has 4 heteroatoms. The van der Waals surface area contributed by atoms with Gasteiger partial charge in [-0.2, -0.15) is 0 Å². The van der Waals surface area contributed by atoms with Crippen molar-refractivity contribution in [1.82, 2.24) is 0 Å². The molecule has 0 aromatic heterocycles. The molecule has 0 spiro atoms.